The van der Waals surface area contributed by atoms with Crippen LogP contribution in [0.5, 0.6) is 0 Å². The molecule has 18 heavy (non-hydrogen) atoms. The van der Waals surface area contributed by atoms with Crippen LogP contribution >= 0.6 is 11.6 Å². The predicted molar refractivity (Wildman–Crippen MR) is 71.2 cm³/mol. The second-order valence-electron chi connectivity index (χ2n) is 3.73. The number of hydrogen-bond acceptors (Lipinski definition) is 3. The molecule has 1 aromatic carbocycles. The van der Waals surface area contributed by atoms with Gasteiger partial charge in [-0.15, -0.1) is 0 Å². The highest BCUT2D eigenvalue weighted by molar-refractivity contribution is 7.92. The van der Waals surface area contributed by atoms with Crippen molar-refractivity contribution in [3.05, 3.63) is 53.2 Å². The molecule has 1 aromatic heterocycles. The van der Waals surface area contributed by atoms with Crippen molar-refractivity contribution in [2.75, 3.05) is 4.72 Å². The van der Waals surface area contributed by atoms with E-state index < -0.39 is 10.0 Å². The molecule has 0 radical (unpaired) electrons. The SMILES string of the molecule is Cc1ccccc1S(=O)(=O)Nc1cc(Cl)ccn1. The third-order valence-electron chi connectivity index (χ3n) is 2.34. The van der Waals surface area contributed by atoms with E-state index in [2.05, 4.69) is 9.71 Å². The van der Waals surface area contributed by atoms with Gasteiger partial charge in [-0.25, -0.2) is 13.4 Å². The summed E-state index contributed by atoms with van der Waals surface area (Å²) < 4.78 is 26.7. The maximum Gasteiger partial charge on any atom is 0.263 e. The second-order valence-corrected chi connectivity index (χ2v) is 5.82. The molecule has 2 aromatic rings. The first-order chi connectivity index (χ1) is 8.49. The molecule has 0 amide bonds. The Bertz CT molecular complexity index is 671. The number of aromatic nitrogens is 1. The summed E-state index contributed by atoms with van der Waals surface area (Å²) in [7, 11) is -3.63. The third kappa shape index (κ3) is 2.80. The highest BCUT2D eigenvalue weighted by atomic mass is 35.5. The van der Waals surface area contributed by atoms with E-state index in [4.69, 9.17) is 11.6 Å². The van der Waals surface area contributed by atoms with Gasteiger partial charge in [-0.05, 0) is 24.6 Å². The van der Waals surface area contributed by atoms with Crippen molar-refractivity contribution < 1.29 is 8.42 Å². The van der Waals surface area contributed by atoms with Crippen molar-refractivity contribution in [3.63, 3.8) is 0 Å². The van der Waals surface area contributed by atoms with Crippen LogP contribution in [0.15, 0.2) is 47.5 Å². The van der Waals surface area contributed by atoms with Crippen molar-refractivity contribution in [2.24, 2.45) is 0 Å². The zero-order valence-electron chi connectivity index (χ0n) is 9.59. The largest absolute Gasteiger partial charge is 0.263 e. The third-order valence-corrected chi connectivity index (χ3v) is 4.09. The van der Waals surface area contributed by atoms with Crippen LogP contribution in [-0.2, 0) is 10.0 Å². The Kier molecular flexibility index (Phi) is 3.54. The topological polar surface area (TPSA) is 59.1 Å². The molecule has 0 bridgehead atoms. The number of aryl methyl sites for hydroxylation is 1. The summed E-state index contributed by atoms with van der Waals surface area (Å²) in [5, 5.41) is 0.424. The van der Waals surface area contributed by atoms with E-state index in [9.17, 15) is 8.42 Å². The minimum atomic E-state index is -3.63. The van der Waals surface area contributed by atoms with Crippen LogP contribution in [0, 0.1) is 6.92 Å². The van der Waals surface area contributed by atoms with Crippen LogP contribution in [0.1, 0.15) is 5.56 Å². The van der Waals surface area contributed by atoms with E-state index in [-0.39, 0.29) is 10.7 Å². The molecule has 0 atom stereocenters. The van der Waals surface area contributed by atoms with E-state index in [1.54, 1.807) is 37.3 Å². The fourth-order valence-corrected chi connectivity index (χ4v) is 2.92. The Morgan fingerprint density at radius 1 is 1.22 bits per heavy atom. The molecule has 0 unspecified atom stereocenters. The van der Waals surface area contributed by atoms with Gasteiger partial charge in [0, 0.05) is 17.3 Å². The van der Waals surface area contributed by atoms with Gasteiger partial charge in [0.25, 0.3) is 10.0 Å². The number of nitrogens with zero attached hydrogens (tertiary/aromatic N) is 1. The van der Waals surface area contributed by atoms with Crippen LogP contribution in [0.3, 0.4) is 0 Å². The van der Waals surface area contributed by atoms with Crippen molar-refractivity contribution in [1.82, 2.24) is 4.98 Å². The van der Waals surface area contributed by atoms with Crippen LogP contribution in [0.25, 0.3) is 0 Å². The van der Waals surface area contributed by atoms with Crippen molar-refractivity contribution in [2.45, 2.75) is 11.8 Å². The summed E-state index contributed by atoms with van der Waals surface area (Å²) in [6, 6.07) is 9.77. The summed E-state index contributed by atoms with van der Waals surface area (Å²) >= 11 is 5.78. The lowest BCUT2D eigenvalue weighted by atomic mass is 10.2. The van der Waals surface area contributed by atoms with Crippen LogP contribution in [-0.4, -0.2) is 13.4 Å². The first-order valence-electron chi connectivity index (χ1n) is 5.19. The van der Waals surface area contributed by atoms with Crippen molar-refractivity contribution in [3.8, 4) is 0 Å². The average molecular weight is 283 g/mol. The Labute approximate surface area is 111 Å². The molecule has 0 saturated carbocycles. The Morgan fingerprint density at radius 3 is 2.61 bits per heavy atom. The number of nitrogens with one attached hydrogen (secondary N) is 1. The summed E-state index contributed by atoms with van der Waals surface area (Å²) in [6.45, 7) is 1.74. The van der Waals surface area contributed by atoms with Gasteiger partial charge >= 0.3 is 0 Å². The number of pyridine rings is 1. The molecule has 0 aliphatic heterocycles. The molecule has 0 saturated heterocycles. The fraction of sp³-hybridized carbons (Fsp3) is 0.0833. The van der Waals surface area contributed by atoms with Gasteiger partial charge < -0.3 is 0 Å². The number of hydrogen-bond donors (Lipinski definition) is 1. The van der Waals surface area contributed by atoms with Gasteiger partial charge in [0.05, 0.1) is 4.90 Å². The number of rotatable bonds is 3. The normalized spacial score (nSPS) is 11.2. The molecule has 4 nitrogen and oxygen atoms in total. The molecule has 0 fully saturated rings. The number of anilines is 1. The van der Waals surface area contributed by atoms with Crippen molar-refractivity contribution in [1.29, 1.82) is 0 Å². The zero-order valence-corrected chi connectivity index (χ0v) is 11.2. The lowest BCUT2D eigenvalue weighted by Crippen LogP contribution is -2.14. The standard InChI is InChI=1S/C12H11ClN2O2S/c1-9-4-2-3-5-11(9)18(16,17)15-12-8-10(13)6-7-14-12/h2-8H,1H3,(H,14,15). The smallest absolute Gasteiger partial charge is 0.263 e. The molecular formula is C12H11ClN2O2S. The lowest BCUT2D eigenvalue weighted by Gasteiger charge is -2.09. The molecule has 0 aliphatic carbocycles. The van der Waals surface area contributed by atoms with Gasteiger partial charge in [-0.2, -0.15) is 0 Å². The Balaban J connectivity index is 2.37. The van der Waals surface area contributed by atoms with Gasteiger partial charge in [0.15, 0.2) is 0 Å². The second kappa shape index (κ2) is 4.96. The van der Waals surface area contributed by atoms with Gasteiger partial charge in [-0.1, -0.05) is 29.8 Å². The van der Waals surface area contributed by atoms with E-state index >= 15 is 0 Å². The first kappa shape index (κ1) is 12.9. The predicted octanol–water partition coefficient (Wildman–Crippen LogP) is 2.84. The summed E-state index contributed by atoms with van der Waals surface area (Å²) in [4.78, 5) is 4.13. The van der Waals surface area contributed by atoms with Crippen LogP contribution in [0.4, 0.5) is 5.82 Å². The molecule has 6 heteroatoms. The number of benzene rings is 1. The fourth-order valence-electron chi connectivity index (χ4n) is 1.51. The molecule has 1 heterocycles. The molecule has 0 spiro atoms. The molecular weight excluding hydrogens is 272 g/mol. The Hall–Kier alpha value is -1.59. The minimum Gasteiger partial charge on any atom is -0.263 e. The highest BCUT2D eigenvalue weighted by Crippen LogP contribution is 2.19. The van der Waals surface area contributed by atoms with Crippen molar-refractivity contribution >= 4 is 27.4 Å². The first-order valence-corrected chi connectivity index (χ1v) is 7.05. The highest BCUT2D eigenvalue weighted by Gasteiger charge is 2.16. The monoisotopic (exact) mass is 282 g/mol. The zero-order chi connectivity index (χ0) is 13.2. The summed E-state index contributed by atoms with van der Waals surface area (Å²) in [6.07, 6.45) is 1.44. The molecule has 2 rings (SSSR count). The minimum absolute atomic E-state index is 0.200. The Morgan fingerprint density at radius 2 is 1.94 bits per heavy atom. The van der Waals surface area contributed by atoms with E-state index in [1.807, 2.05) is 0 Å². The van der Waals surface area contributed by atoms with Gasteiger partial charge in [-0.3, -0.25) is 4.72 Å². The quantitative estimate of drug-likeness (QED) is 0.942. The molecule has 0 aliphatic rings. The summed E-state index contributed by atoms with van der Waals surface area (Å²) in [5.41, 5.74) is 0.673. The maximum absolute atomic E-state index is 12.1. The van der Waals surface area contributed by atoms with E-state index in [0.29, 0.717) is 10.6 Å². The molecule has 94 valence electrons. The van der Waals surface area contributed by atoms with Crippen LogP contribution < -0.4 is 4.72 Å². The number of halogens is 1. The van der Waals surface area contributed by atoms with Gasteiger partial charge in [0.2, 0.25) is 0 Å². The van der Waals surface area contributed by atoms with Gasteiger partial charge in [0.1, 0.15) is 5.82 Å². The number of sulfonamides is 1. The maximum atomic E-state index is 12.1. The van der Waals surface area contributed by atoms with E-state index in [1.165, 1.54) is 12.3 Å². The molecule has 1 N–H and O–H groups in total. The van der Waals surface area contributed by atoms with E-state index in [0.717, 1.165) is 0 Å². The average Bonchev–Trinajstić information content (AvgIpc) is 2.28. The summed E-state index contributed by atoms with van der Waals surface area (Å²) in [5.74, 6) is 0.200. The lowest BCUT2D eigenvalue weighted by molar-refractivity contribution is 0.600. The van der Waals surface area contributed by atoms with Crippen LogP contribution in [0.2, 0.25) is 5.02 Å².